The van der Waals surface area contributed by atoms with Gasteiger partial charge in [0.05, 0.1) is 12.7 Å². The van der Waals surface area contributed by atoms with Crippen molar-refractivity contribution >= 4 is 11.9 Å². The van der Waals surface area contributed by atoms with Gasteiger partial charge in [-0.25, -0.2) is 4.79 Å². The normalized spacial score (nSPS) is 20.4. The van der Waals surface area contributed by atoms with Crippen molar-refractivity contribution in [1.29, 1.82) is 0 Å². The summed E-state index contributed by atoms with van der Waals surface area (Å²) < 4.78 is 16.3. The number of methoxy groups -OCH3 is 1. The van der Waals surface area contributed by atoms with Crippen LogP contribution in [0.5, 0.6) is 11.5 Å². The Bertz CT molecular complexity index is 670. The number of carboxylic acid groups (broad SMARTS) is 1. The molecule has 1 aromatic carbocycles. The summed E-state index contributed by atoms with van der Waals surface area (Å²) >= 11 is 0. The van der Waals surface area contributed by atoms with Crippen LogP contribution in [0.2, 0.25) is 0 Å². The smallest absolute Gasteiger partial charge is 0.341 e. The molecule has 2 atom stereocenters. The van der Waals surface area contributed by atoms with Gasteiger partial charge in [-0.3, -0.25) is 4.79 Å². The first-order chi connectivity index (χ1) is 12.9. The number of rotatable bonds is 10. The Hall–Kier alpha value is -2.28. The minimum absolute atomic E-state index is 0.0440. The number of nitrogens with one attached hydrogen (secondary N) is 1. The van der Waals surface area contributed by atoms with Crippen molar-refractivity contribution in [2.75, 3.05) is 20.3 Å². The standard InChI is InChI=1S/C20H29NO6/c1-5-20(6-2)16(11-17(20)25-4)21-19(24)13-8-9-14(27-12-18(22)23)15(10-13)26-7-3/h8-10,16-17H,5-7,11-12H2,1-4H3,(H,21,24)(H,22,23). The monoisotopic (exact) mass is 379 g/mol. The van der Waals surface area contributed by atoms with Gasteiger partial charge in [0.2, 0.25) is 0 Å². The van der Waals surface area contributed by atoms with Crippen LogP contribution in [0, 0.1) is 5.41 Å². The number of ether oxygens (including phenoxy) is 3. The second kappa shape index (κ2) is 9.08. The summed E-state index contributed by atoms with van der Waals surface area (Å²) in [6, 6.07) is 4.82. The minimum Gasteiger partial charge on any atom is -0.490 e. The molecule has 150 valence electrons. The molecule has 1 aromatic rings. The first kappa shape index (κ1) is 21.0. The van der Waals surface area contributed by atoms with Crippen LogP contribution in [0.3, 0.4) is 0 Å². The van der Waals surface area contributed by atoms with Gasteiger partial charge in [0, 0.05) is 24.1 Å². The van der Waals surface area contributed by atoms with Crippen LogP contribution < -0.4 is 14.8 Å². The first-order valence-electron chi connectivity index (χ1n) is 9.36. The number of aliphatic carboxylic acids is 1. The lowest BCUT2D eigenvalue weighted by molar-refractivity contribution is -0.139. The highest BCUT2D eigenvalue weighted by Crippen LogP contribution is 2.48. The molecule has 1 aliphatic rings. The number of hydrogen-bond donors (Lipinski definition) is 2. The Morgan fingerprint density at radius 3 is 2.44 bits per heavy atom. The SMILES string of the molecule is CCOc1cc(C(=O)NC2CC(OC)C2(CC)CC)ccc1OCC(=O)O. The van der Waals surface area contributed by atoms with E-state index in [9.17, 15) is 9.59 Å². The van der Waals surface area contributed by atoms with Gasteiger partial charge in [0.25, 0.3) is 5.91 Å². The van der Waals surface area contributed by atoms with Gasteiger partial charge in [-0.05, 0) is 44.4 Å². The van der Waals surface area contributed by atoms with Crippen molar-refractivity contribution < 1.29 is 28.9 Å². The van der Waals surface area contributed by atoms with E-state index in [0.717, 1.165) is 19.3 Å². The van der Waals surface area contributed by atoms with Crippen molar-refractivity contribution in [3.8, 4) is 11.5 Å². The van der Waals surface area contributed by atoms with E-state index in [-0.39, 0.29) is 23.5 Å². The summed E-state index contributed by atoms with van der Waals surface area (Å²) in [6.07, 6.45) is 2.81. The molecule has 0 spiro atoms. The summed E-state index contributed by atoms with van der Waals surface area (Å²) in [4.78, 5) is 23.5. The summed E-state index contributed by atoms with van der Waals surface area (Å²) in [5.74, 6) is -0.610. The number of carbonyl (C=O) groups excluding carboxylic acids is 1. The molecule has 1 aliphatic carbocycles. The molecule has 2 rings (SSSR count). The molecule has 1 saturated carbocycles. The lowest BCUT2D eigenvalue weighted by Crippen LogP contribution is -2.64. The number of carbonyl (C=O) groups is 2. The molecule has 0 radical (unpaired) electrons. The largest absolute Gasteiger partial charge is 0.490 e. The zero-order valence-corrected chi connectivity index (χ0v) is 16.4. The fourth-order valence-electron chi connectivity index (χ4n) is 3.90. The second-order valence-corrected chi connectivity index (χ2v) is 6.70. The lowest BCUT2D eigenvalue weighted by Gasteiger charge is -2.55. The molecule has 0 aliphatic heterocycles. The molecule has 2 N–H and O–H groups in total. The fourth-order valence-corrected chi connectivity index (χ4v) is 3.90. The lowest BCUT2D eigenvalue weighted by atomic mass is 9.58. The van der Waals surface area contributed by atoms with Crippen molar-refractivity contribution in [3.63, 3.8) is 0 Å². The van der Waals surface area contributed by atoms with Gasteiger partial charge in [-0.15, -0.1) is 0 Å². The van der Waals surface area contributed by atoms with Gasteiger partial charge in [0.1, 0.15) is 0 Å². The molecular formula is C20H29NO6. The van der Waals surface area contributed by atoms with E-state index in [0.29, 0.717) is 23.7 Å². The van der Waals surface area contributed by atoms with E-state index in [2.05, 4.69) is 19.2 Å². The third kappa shape index (κ3) is 4.35. The molecule has 0 saturated heterocycles. The number of hydrogen-bond acceptors (Lipinski definition) is 5. The molecule has 0 heterocycles. The maximum absolute atomic E-state index is 12.8. The van der Waals surface area contributed by atoms with E-state index in [1.807, 2.05) is 6.92 Å². The van der Waals surface area contributed by atoms with Gasteiger partial charge in [0.15, 0.2) is 18.1 Å². The summed E-state index contributed by atoms with van der Waals surface area (Å²) in [5.41, 5.74) is 0.403. The topological polar surface area (TPSA) is 94.1 Å². The fraction of sp³-hybridized carbons (Fsp3) is 0.600. The summed E-state index contributed by atoms with van der Waals surface area (Å²) in [7, 11) is 1.72. The zero-order chi connectivity index (χ0) is 20.0. The zero-order valence-electron chi connectivity index (χ0n) is 16.4. The molecule has 0 bridgehead atoms. The van der Waals surface area contributed by atoms with Crippen LogP contribution >= 0.6 is 0 Å². The minimum atomic E-state index is -1.08. The number of amides is 1. The Balaban J connectivity index is 2.14. The maximum atomic E-state index is 12.8. The van der Waals surface area contributed by atoms with Crippen LogP contribution in [-0.4, -0.2) is 49.5 Å². The Kier molecular flexibility index (Phi) is 7.07. The predicted molar refractivity (Wildman–Crippen MR) is 100 cm³/mol. The van der Waals surface area contributed by atoms with E-state index in [1.54, 1.807) is 25.3 Å². The average molecular weight is 379 g/mol. The van der Waals surface area contributed by atoms with E-state index < -0.39 is 12.6 Å². The summed E-state index contributed by atoms with van der Waals surface area (Å²) in [6.45, 7) is 5.96. The summed E-state index contributed by atoms with van der Waals surface area (Å²) in [5, 5.41) is 11.9. The highest BCUT2D eigenvalue weighted by atomic mass is 16.5. The molecular weight excluding hydrogens is 350 g/mol. The first-order valence-corrected chi connectivity index (χ1v) is 9.36. The van der Waals surface area contributed by atoms with Crippen molar-refractivity contribution in [1.82, 2.24) is 5.32 Å². The number of benzene rings is 1. The van der Waals surface area contributed by atoms with E-state index in [1.165, 1.54) is 0 Å². The van der Waals surface area contributed by atoms with Gasteiger partial charge < -0.3 is 24.6 Å². The maximum Gasteiger partial charge on any atom is 0.341 e. The van der Waals surface area contributed by atoms with Crippen molar-refractivity contribution in [3.05, 3.63) is 23.8 Å². The molecule has 1 amide bonds. The predicted octanol–water partition coefficient (Wildman–Crippen LogP) is 2.87. The van der Waals surface area contributed by atoms with Crippen molar-refractivity contribution in [2.45, 2.75) is 52.2 Å². The van der Waals surface area contributed by atoms with E-state index in [4.69, 9.17) is 19.3 Å². The van der Waals surface area contributed by atoms with Gasteiger partial charge in [-0.2, -0.15) is 0 Å². The average Bonchev–Trinajstić information content (AvgIpc) is 2.64. The van der Waals surface area contributed by atoms with Crippen LogP contribution in [0.1, 0.15) is 50.4 Å². The third-order valence-electron chi connectivity index (χ3n) is 5.55. The second-order valence-electron chi connectivity index (χ2n) is 6.70. The molecule has 7 nitrogen and oxygen atoms in total. The quantitative estimate of drug-likeness (QED) is 0.649. The molecule has 1 fully saturated rings. The Morgan fingerprint density at radius 1 is 1.19 bits per heavy atom. The van der Waals surface area contributed by atoms with Crippen LogP contribution in [0.15, 0.2) is 18.2 Å². The molecule has 27 heavy (non-hydrogen) atoms. The highest BCUT2D eigenvalue weighted by molar-refractivity contribution is 5.95. The Labute approximate surface area is 160 Å². The third-order valence-corrected chi connectivity index (χ3v) is 5.55. The number of carboxylic acids is 1. The molecule has 2 unspecified atom stereocenters. The van der Waals surface area contributed by atoms with E-state index >= 15 is 0 Å². The van der Waals surface area contributed by atoms with Crippen LogP contribution in [-0.2, 0) is 9.53 Å². The van der Waals surface area contributed by atoms with Gasteiger partial charge in [-0.1, -0.05) is 13.8 Å². The van der Waals surface area contributed by atoms with Crippen molar-refractivity contribution in [2.24, 2.45) is 5.41 Å². The van der Waals surface area contributed by atoms with Crippen LogP contribution in [0.4, 0.5) is 0 Å². The van der Waals surface area contributed by atoms with Crippen LogP contribution in [0.25, 0.3) is 0 Å². The Morgan fingerprint density at radius 2 is 1.89 bits per heavy atom. The van der Waals surface area contributed by atoms with Gasteiger partial charge >= 0.3 is 5.97 Å². The molecule has 7 heteroatoms. The molecule has 0 aromatic heterocycles. The highest BCUT2D eigenvalue weighted by Gasteiger charge is 2.53.